The fraction of sp³-hybridized carbons (Fsp3) is 0.698. The van der Waals surface area contributed by atoms with E-state index in [1.165, 1.54) is 280 Å². The zero-order valence-corrected chi connectivity index (χ0v) is 51.6. The summed E-state index contributed by atoms with van der Waals surface area (Å²) in [5, 5.41) is 8.89. The van der Waals surface area contributed by atoms with E-state index < -0.39 is 0 Å². The average Bonchev–Trinajstić information content (AvgIpc) is 4.26. The lowest BCUT2D eigenvalue weighted by Crippen LogP contribution is -2.26. The number of thiazole rings is 2. The van der Waals surface area contributed by atoms with Crippen LogP contribution < -0.4 is 11.5 Å². The van der Waals surface area contributed by atoms with E-state index in [9.17, 15) is 4.79 Å². The Labute approximate surface area is 491 Å². The van der Waals surface area contributed by atoms with Crippen molar-refractivity contribution in [2.75, 3.05) is 0 Å². The van der Waals surface area contributed by atoms with Gasteiger partial charge in [-0.1, -0.05) is 295 Å². The van der Waals surface area contributed by atoms with E-state index >= 15 is 0 Å². The summed E-state index contributed by atoms with van der Waals surface area (Å²) in [6.45, 7) is 6.88. The number of aldehydes is 1. The van der Waals surface area contributed by atoms with Crippen LogP contribution in [-0.2, 0) is 19.3 Å². The lowest BCUT2D eigenvalue weighted by atomic mass is 10.0. The van der Waals surface area contributed by atoms with Crippen molar-refractivity contribution >= 4 is 107 Å². The minimum Gasteiger partial charge on any atom is -0.388 e. The highest BCUT2D eigenvalue weighted by atomic mass is 32.1. The molecule has 0 fully saturated rings. The van der Waals surface area contributed by atoms with Crippen molar-refractivity contribution in [3.05, 3.63) is 55.9 Å². The summed E-state index contributed by atoms with van der Waals surface area (Å²) in [5.74, 6) is 0. The maximum atomic E-state index is 10.8. The molecule has 0 aliphatic rings. The summed E-state index contributed by atoms with van der Waals surface area (Å²) in [6.07, 6.45) is 54.7. The van der Waals surface area contributed by atoms with Crippen molar-refractivity contribution < 1.29 is 4.79 Å². The molecular formula is C63H106N4OS7. The zero-order valence-electron chi connectivity index (χ0n) is 45.9. The van der Waals surface area contributed by atoms with Gasteiger partial charge in [-0.3, -0.25) is 4.79 Å². The Morgan fingerprint density at radius 1 is 0.413 bits per heavy atom. The number of fused-ring (bicyclic) bond motifs is 1. The van der Waals surface area contributed by atoms with Crippen LogP contribution in [0.4, 0.5) is 0 Å². The number of nitrogens with two attached hydrogens (primary N) is 2. The molecule has 12 heteroatoms. The van der Waals surface area contributed by atoms with Gasteiger partial charge in [0.15, 0.2) is 15.9 Å². The first-order valence-electron chi connectivity index (χ1n) is 29.3. The number of hydrogen-bond donors (Lipinski definition) is 2. The van der Waals surface area contributed by atoms with Gasteiger partial charge >= 0.3 is 0 Å². The smallest absolute Gasteiger partial charge is 0.160 e. The molecule has 0 radical (unpaired) electrons. The quantitative estimate of drug-likeness (QED) is 0.0228. The van der Waals surface area contributed by atoms with Gasteiger partial charge in [-0.15, -0.1) is 34.0 Å². The minimum absolute atomic E-state index is 0. The van der Waals surface area contributed by atoms with E-state index in [2.05, 4.69) is 74.2 Å². The van der Waals surface area contributed by atoms with Gasteiger partial charge in [-0.25, -0.2) is 9.97 Å². The Morgan fingerprint density at radius 3 is 0.947 bits per heavy atom. The van der Waals surface area contributed by atoms with Gasteiger partial charge in [-0.2, -0.15) is 0 Å². The number of carbonyl (C=O) groups excluding carboxylic acids is 1. The Morgan fingerprint density at radius 2 is 0.667 bits per heavy atom. The molecule has 4 N–H and O–H groups in total. The SMILES string of the molecule is C.C.CCCCCCCCCCCCCCc1ccsc1-c1nc2sc(-c3sccc3CCCCCCCCCCCCCC)nc2s1.CCCCCCCCCCCCCCc1ccsc1C=O.NC(=S)C(N)=S. The molecule has 5 aromatic rings. The van der Waals surface area contributed by atoms with Crippen LogP contribution in [0.25, 0.3) is 29.4 Å². The molecule has 0 unspecified atom stereocenters. The first kappa shape index (κ1) is 71.1. The Kier molecular flexibility index (Phi) is 45.5. The molecule has 5 nitrogen and oxygen atoms in total. The van der Waals surface area contributed by atoms with Gasteiger partial charge in [0.05, 0.1) is 14.6 Å². The van der Waals surface area contributed by atoms with Crippen LogP contribution in [0.15, 0.2) is 34.3 Å². The molecule has 0 saturated carbocycles. The van der Waals surface area contributed by atoms with Crippen LogP contribution in [0.3, 0.4) is 0 Å². The monoisotopic (exact) mass is 1160 g/mol. The second kappa shape index (κ2) is 48.0. The topological polar surface area (TPSA) is 94.9 Å². The molecule has 5 heterocycles. The number of thiophene rings is 3. The fourth-order valence-electron chi connectivity index (χ4n) is 9.40. The fourth-order valence-corrected chi connectivity index (χ4v) is 14.4. The molecule has 0 aliphatic carbocycles. The first-order chi connectivity index (χ1) is 35.8. The van der Waals surface area contributed by atoms with Gasteiger partial charge < -0.3 is 11.5 Å². The standard InChI is InChI=1S/C40H62N2S4.C19H32OS.C2H4N2S2.2CH4/c1-3-5-7-9-11-13-15-17-19-21-23-25-27-33-29-31-43-35(33)37-41-39-40(45-37)42-38(46-39)36-34(30-32-44-36)28-26-24-22-20-18-16-14-12-10-8-6-4-2;1-2-3-4-5-6-7-8-9-10-11-12-13-14-18-15-16-21-19(18)17-20;3-1(5)2(4)6;;/h29-32H,3-28H2,1-2H3;15-17H,2-14H2,1H3;(H2,3,5)(H2,4,6);2*1H4. The van der Waals surface area contributed by atoms with Crippen molar-refractivity contribution in [2.45, 2.75) is 286 Å². The highest BCUT2D eigenvalue weighted by Crippen LogP contribution is 2.42. The van der Waals surface area contributed by atoms with Crippen LogP contribution in [0.5, 0.6) is 0 Å². The van der Waals surface area contributed by atoms with Crippen LogP contribution in [0.1, 0.15) is 293 Å². The van der Waals surface area contributed by atoms with Crippen molar-refractivity contribution in [1.29, 1.82) is 0 Å². The van der Waals surface area contributed by atoms with Gasteiger partial charge in [0.2, 0.25) is 0 Å². The Balaban J connectivity index is 0.000000807. The van der Waals surface area contributed by atoms with E-state index in [-0.39, 0.29) is 24.8 Å². The van der Waals surface area contributed by atoms with Crippen molar-refractivity contribution in [2.24, 2.45) is 11.5 Å². The molecule has 0 aromatic carbocycles. The summed E-state index contributed by atoms with van der Waals surface area (Å²) in [5.41, 5.74) is 14.0. The van der Waals surface area contributed by atoms with Gasteiger partial charge in [0.25, 0.3) is 0 Å². The lowest BCUT2D eigenvalue weighted by Gasteiger charge is -2.04. The number of carbonyl (C=O) groups is 1. The van der Waals surface area contributed by atoms with E-state index in [0.717, 1.165) is 27.2 Å². The number of rotatable bonds is 42. The van der Waals surface area contributed by atoms with Gasteiger partial charge in [0, 0.05) is 0 Å². The molecule has 5 rings (SSSR count). The van der Waals surface area contributed by atoms with Crippen LogP contribution in [0, 0.1) is 0 Å². The Hall–Kier alpha value is -1.93. The number of aromatic nitrogens is 2. The predicted molar refractivity (Wildman–Crippen MR) is 353 cm³/mol. The highest BCUT2D eigenvalue weighted by molar-refractivity contribution is 7.89. The second-order valence-electron chi connectivity index (χ2n) is 20.3. The molecule has 5 aromatic heterocycles. The van der Waals surface area contributed by atoms with Crippen molar-refractivity contribution in [3.63, 3.8) is 0 Å². The van der Waals surface area contributed by atoms with E-state index in [1.54, 1.807) is 34.0 Å². The highest BCUT2D eigenvalue weighted by Gasteiger charge is 2.18. The van der Waals surface area contributed by atoms with Crippen LogP contribution >= 0.6 is 81.1 Å². The zero-order chi connectivity index (χ0) is 52.4. The normalized spacial score (nSPS) is 10.9. The summed E-state index contributed by atoms with van der Waals surface area (Å²) in [4.78, 5) is 27.2. The number of unbranched alkanes of at least 4 members (excludes halogenated alkanes) is 33. The number of hydrogen-bond acceptors (Lipinski definition) is 10. The third kappa shape index (κ3) is 32.7. The molecular weight excluding hydrogens is 1050 g/mol. The largest absolute Gasteiger partial charge is 0.388 e. The summed E-state index contributed by atoms with van der Waals surface area (Å²) in [6, 6.07) is 6.77. The van der Waals surface area contributed by atoms with E-state index in [0.29, 0.717) is 0 Å². The van der Waals surface area contributed by atoms with Crippen LogP contribution in [-0.4, -0.2) is 26.2 Å². The molecule has 426 valence electrons. The molecule has 0 bridgehead atoms. The summed E-state index contributed by atoms with van der Waals surface area (Å²) in [7, 11) is 0. The molecule has 0 aliphatic heterocycles. The lowest BCUT2D eigenvalue weighted by molar-refractivity contribution is 0.112. The van der Waals surface area contributed by atoms with E-state index in [1.807, 2.05) is 28.1 Å². The number of nitrogens with zero attached hydrogens (tertiary/aromatic N) is 2. The molecule has 0 atom stereocenters. The Bertz CT molecular complexity index is 1970. The molecule has 0 spiro atoms. The first-order valence-corrected chi connectivity index (χ1v) is 34.4. The second-order valence-corrected chi connectivity index (χ2v) is 25.9. The minimum atomic E-state index is 0. The molecule has 75 heavy (non-hydrogen) atoms. The van der Waals surface area contributed by atoms with Gasteiger partial charge in [0.1, 0.15) is 20.0 Å². The van der Waals surface area contributed by atoms with Crippen molar-refractivity contribution in [3.8, 4) is 19.8 Å². The maximum absolute atomic E-state index is 10.8. The summed E-state index contributed by atoms with van der Waals surface area (Å²) >= 11 is 17.5. The summed E-state index contributed by atoms with van der Waals surface area (Å²) < 4.78 is 0. The molecule has 0 saturated heterocycles. The van der Waals surface area contributed by atoms with Crippen LogP contribution in [0.2, 0.25) is 0 Å². The van der Waals surface area contributed by atoms with Gasteiger partial charge in [-0.05, 0) is 89.6 Å². The average molecular weight is 1160 g/mol. The number of aryl methyl sites for hydroxylation is 3. The van der Waals surface area contributed by atoms with Crippen molar-refractivity contribution in [1.82, 2.24) is 9.97 Å². The van der Waals surface area contributed by atoms with E-state index in [4.69, 9.17) is 21.4 Å². The maximum Gasteiger partial charge on any atom is 0.160 e. The molecule has 0 amide bonds. The predicted octanol–water partition coefficient (Wildman–Crippen LogP) is 23.3. The number of thiocarbonyl (C=S) groups is 2. The third-order valence-electron chi connectivity index (χ3n) is 13.9. The third-order valence-corrected chi connectivity index (χ3v) is 19.6.